The second kappa shape index (κ2) is 4.89. The molecule has 0 aromatic heterocycles. The summed E-state index contributed by atoms with van der Waals surface area (Å²) >= 11 is 0. The van der Waals surface area contributed by atoms with Crippen LogP contribution in [-0.2, 0) is 6.42 Å². The summed E-state index contributed by atoms with van der Waals surface area (Å²) in [4.78, 5) is 4.45. The van der Waals surface area contributed by atoms with Crippen molar-refractivity contribution in [1.29, 1.82) is 0 Å². The van der Waals surface area contributed by atoms with Gasteiger partial charge in [-0.2, -0.15) is 0 Å². The fourth-order valence-corrected chi connectivity index (χ4v) is 5.44. The van der Waals surface area contributed by atoms with Crippen LogP contribution in [0.15, 0.2) is 6.07 Å². The van der Waals surface area contributed by atoms with E-state index in [1.807, 2.05) is 4.90 Å². The van der Waals surface area contributed by atoms with Gasteiger partial charge in [-0.15, -0.1) is 9.24 Å². The van der Waals surface area contributed by atoms with Crippen LogP contribution in [0.1, 0.15) is 18.4 Å². The largest absolute Gasteiger partial charge is 0.366 e. The molecule has 2 saturated heterocycles. The average Bonchev–Trinajstić information content (AvgIpc) is 2.84. The normalized spacial score (nSPS) is 33.2. The van der Waals surface area contributed by atoms with Crippen molar-refractivity contribution in [2.45, 2.75) is 31.3 Å². The minimum absolute atomic E-state index is 0.321. The van der Waals surface area contributed by atoms with E-state index in [0.29, 0.717) is 47.0 Å². The molecule has 2 aliphatic heterocycles. The molecule has 3 aliphatic rings. The summed E-state index contributed by atoms with van der Waals surface area (Å²) in [6.45, 7) is 1.96. The zero-order chi connectivity index (χ0) is 15.6. The lowest BCUT2D eigenvalue weighted by molar-refractivity contribution is -0.123. The molecule has 4 rings (SSSR count). The van der Waals surface area contributed by atoms with Gasteiger partial charge in [0.25, 0.3) is 0 Å². The third kappa shape index (κ3) is 1.72. The molecular weight excluding hydrogens is 302 g/mol. The first-order chi connectivity index (χ1) is 10.5. The van der Waals surface area contributed by atoms with E-state index in [1.54, 1.807) is 0 Å². The van der Waals surface area contributed by atoms with E-state index in [9.17, 15) is 8.78 Å². The third-order valence-corrected chi connectivity index (χ3v) is 6.63. The number of halogens is 2. The summed E-state index contributed by atoms with van der Waals surface area (Å²) in [5.74, 6) is -0.659. The number of anilines is 1. The second-order valence-corrected chi connectivity index (χ2v) is 7.56. The van der Waals surface area contributed by atoms with Gasteiger partial charge in [-0.05, 0) is 37.4 Å². The van der Waals surface area contributed by atoms with Crippen molar-refractivity contribution in [3.05, 3.63) is 23.3 Å². The molecule has 2 N–H and O–H groups in total. The average molecular weight is 323 g/mol. The lowest BCUT2D eigenvalue weighted by atomic mass is 9.52. The van der Waals surface area contributed by atoms with E-state index >= 15 is 0 Å². The van der Waals surface area contributed by atoms with Crippen LogP contribution in [0.5, 0.6) is 0 Å². The number of rotatable bonds is 3. The molecule has 2 heterocycles. The maximum atomic E-state index is 14.6. The summed E-state index contributed by atoms with van der Waals surface area (Å²) in [6.07, 6.45) is 2.81. The standard InChI is InChI=1S/C15H21BF2N3P/c16-21-10-1-3-15(10)7-20(6-11(15)21)13-9(17)5-8(2-4-19)12(18)14(13)22/h5,10-11H,1-4,6-7,16,19,22H2. The van der Waals surface area contributed by atoms with Gasteiger partial charge in [0, 0.05) is 35.9 Å². The fourth-order valence-electron chi connectivity index (χ4n) is 4.93. The molecule has 7 heteroatoms. The van der Waals surface area contributed by atoms with E-state index in [2.05, 4.69) is 22.0 Å². The highest BCUT2D eigenvalue weighted by Gasteiger charge is 2.67. The van der Waals surface area contributed by atoms with Crippen LogP contribution in [-0.4, -0.2) is 44.5 Å². The number of piperidine rings is 1. The van der Waals surface area contributed by atoms with Crippen molar-refractivity contribution in [2.75, 3.05) is 24.5 Å². The molecule has 3 nitrogen and oxygen atoms in total. The number of hydrogen-bond acceptors (Lipinski definition) is 3. The molecule has 0 bridgehead atoms. The van der Waals surface area contributed by atoms with Crippen LogP contribution < -0.4 is 15.9 Å². The van der Waals surface area contributed by atoms with Crippen molar-refractivity contribution in [2.24, 2.45) is 11.1 Å². The smallest absolute Gasteiger partial charge is 0.186 e. The number of nitrogens with zero attached hydrogens (tertiary/aromatic N) is 2. The predicted octanol–water partition coefficient (Wildman–Crippen LogP) is 0.167. The molecule has 118 valence electrons. The monoisotopic (exact) mass is 323 g/mol. The Morgan fingerprint density at radius 3 is 2.77 bits per heavy atom. The Kier molecular flexibility index (Phi) is 3.31. The quantitative estimate of drug-likeness (QED) is 0.636. The first kappa shape index (κ1) is 14.9. The van der Waals surface area contributed by atoms with E-state index in [1.165, 1.54) is 18.9 Å². The SMILES string of the molecule is BN1C2CCC23CN(c2c(F)cc(CCN)c(F)c2P)CC13. The van der Waals surface area contributed by atoms with Crippen LogP contribution in [0, 0.1) is 17.0 Å². The van der Waals surface area contributed by atoms with Crippen molar-refractivity contribution < 1.29 is 8.78 Å². The Balaban J connectivity index is 1.68. The van der Waals surface area contributed by atoms with Crippen LogP contribution >= 0.6 is 9.24 Å². The Bertz CT molecular complexity index is 644. The summed E-state index contributed by atoms with van der Waals surface area (Å²) in [6, 6.07) is 2.45. The van der Waals surface area contributed by atoms with Gasteiger partial charge in [-0.3, -0.25) is 0 Å². The minimum atomic E-state index is -0.331. The van der Waals surface area contributed by atoms with Gasteiger partial charge in [0.1, 0.15) is 11.6 Å². The van der Waals surface area contributed by atoms with Gasteiger partial charge in [0.15, 0.2) is 7.98 Å². The highest BCUT2D eigenvalue weighted by atomic mass is 31.0. The maximum Gasteiger partial charge on any atom is 0.186 e. The lowest BCUT2D eigenvalue weighted by Crippen LogP contribution is -2.75. The van der Waals surface area contributed by atoms with Crippen LogP contribution in [0.25, 0.3) is 0 Å². The number of benzene rings is 1. The molecular formula is C15H21BF2N3P. The van der Waals surface area contributed by atoms with E-state index in [-0.39, 0.29) is 11.6 Å². The Labute approximate surface area is 132 Å². The Morgan fingerprint density at radius 2 is 2.18 bits per heavy atom. The molecule has 0 radical (unpaired) electrons. The molecule has 3 fully saturated rings. The molecule has 1 aliphatic carbocycles. The molecule has 1 saturated carbocycles. The highest BCUT2D eigenvalue weighted by Crippen LogP contribution is 2.60. The van der Waals surface area contributed by atoms with Crippen molar-refractivity contribution >= 4 is 28.2 Å². The molecule has 4 unspecified atom stereocenters. The number of hydrogen-bond donors (Lipinski definition) is 1. The maximum absolute atomic E-state index is 14.6. The van der Waals surface area contributed by atoms with E-state index in [0.717, 1.165) is 13.1 Å². The topological polar surface area (TPSA) is 32.5 Å². The molecule has 22 heavy (non-hydrogen) atoms. The second-order valence-electron chi connectivity index (χ2n) is 6.98. The van der Waals surface area contributed by atoms with Crippen molar-refractivity contribution in [3.8, 4) is 0 Å². The molecule has 4 atom stereocenters. The zero-order valence-corrected chi connectivity index (χ0v) is 13.9. The number of nitrogens with two attached hydrogens (primary N) is 1. The van der Waals surface area contributed by atoms with Gasteiger partial charge in [-0.25, -0.2) is 8.78 Å². The highest BCUT2D eigenvalue weighted by molar-refractivity contribution is 7.28. The lowest BCUT2D eigenvalue weighted by Gasteiger charge is -2.67. The van der Waals surface area contributed by atoms with Gasteiger partial charge >= 0.3 is 0 Å². The summed E-state index contributed by atoms with van der Waals surface area (Å²) in [5.41, 5.74) is 6.59. The van der Waals surface area contributed by atoms with E-state index < -0.39 is 0 Å². The first-order valence-corrected chi connectivity index (χ1v) is 8.50. The van der Waals surface area contributed by atoms with Crippen molar-refractivity contribution in [3.63, 3.8) is 0 Å². The van der Waals surface area contributed by atoms with Crippen LogP contribution in [0.3, 0.4) is 0 Å². The first-order valence-electron chi connectivity index (χ1n) is 7.93. The van der Waals surface area contributed by atoms with Crippen molar-refractivity contribution in [1.82, 2.24) is 4.81 Å². The van der Waals surface area contributed by atoms with Crippen LogP contribution in [0.2, 0.25) is 0 Å². The summed E-state index contributed by atoms with van der Waals surface area (Å²) < 4.78 is 29.1. The van der Waals surface area contributed by atoms with Crippen LogP contribution in [0.4, 0.5) is 14.5 Å². The third-order valence-electron chi connectivity index (χ3n) is 6.10. The summed E-state index contributed by atoms with van der Waals surface area (Å²) in [5, 5.41) is 0.347. The predicted molar refractivity (Wildman–Crippen MR) is 90.3 cm³/mol. The molecule has 0 amide bonds. The van der Waals surface area contributed by atoms with Gasteiger partial charge in [0.05, 0.1) is 5.69 Å². The van der Waals surface area contributed by atoms with Gasteiger partial charge in [-0.1, -0.05) is 0 Å². The molecule has 1 aromatic carbocycles. The Morgan fingerprint density at radius 1 is 1.41 bits per heavy atom. The van der Waals surface area contributed by atoms with Gasteiger partial charge in [0.2, 0.25) is 0 Å². The zero-order valence-electron chi connectivity index (χ0n) is 12.8. The fraction of sp³-hybridized carbons (Fsp3) is 0.600. The summed E-state index contributed by atoms with van der Waals surface area (Å²) in [7, 11) is 4.55. The molecule has 1 aromatic rings. The Hall–Kier alpha value is -0.705. The van der Waals surface area contributed by atoms with E-state index in [4.69, 9.17) is 5.73 Å². The minimum Gasteiger partial charge on any atom is -0.366 e. The molecule has 1 spiro atoms. The van der Waals surface area contributed by atoms with Gasteiger partial charge < -0.3 is 15.4 Å².